The molecule has 2 nitrogen and oxygen atoms in total. The van der Waals surface area contributed by atoms with E-state index in [1.54, 1.807) is 18.2 Å². The van der Waals surface area contributed by atoms with Gasteiger partial charge in [-0.05, 0) is 24.1 Å². The molecule has 1 aromatic carbocycles. The largest absolute Gasteiger partial charge is 0.488 e. The van der Waals surface area contributed by atoms with Crippen molar-refractivity contribution in [2.75, 3.05) is 6.61 Å². The van der Waals surface area contributed by atoms with E-state index in [-0.39, 0.29) is 15.8 Å². The molecule has 0 aromatic heterocycles. The lowest BCUT2D eigenvalue weighted by molar-refractivity contribution is 0.103. The van der Waals surface area contributed by atoms with Gasteiger partial charge in [-0.2, -0.15) is 0 Å². The van der Waals surface area contributed by atoms with E-state index in [0.717, 1.165) is 0 Å². The van der Waals surface area contributed by atoms with Crippen molar-refractivity contribution in [2.24, 2.45) is 0 Å². The van der Waals surface area contributed by atoms with E-state index in [4.69, 9.17) is 27.9 Å². The van der Waals surface area contributed by atoms with Gasteiger partial charge in [0.15, 0.2) is 5.78 Å². The number of ketones is 1. The Morgan fingerprint density at radius 3 is 2.61 bits per heavy atom. The van der Waals surface area contributed by atoms with E-state index in [1.807, 2.05) is 6.92 Å². The minimum absolute atomic E-state index is 0.192. The molecule has 0 N–H and O–H groups in total. The molecule has 0 atom stereocenters. The number of hydrogen-bond donors (Lipinski definition) is 0. The molecular formula is C14H14Cl2O2. The summed E-state index contributed by atoms with van der Waals surface area (Å²) >= 11 is 12.1. The third-order valence-electron chi connectivity index (χ3n) is 2.40. The van der Waals surface area contributed by atoms with Crippen molar-refractivity contribution in [1.29, 1.82) is 0 Å². The zero-order valence-electron chi connectivity index (χ0n) is 10.1. The summed E-state index contributed by atoms with van der Waals surface area (Å²) in [4.78, 5) is 12.0. The van der Waals surface area contributed by atoms with Crippen molar-refractivity contribution in [3.63, 3.8) is 0 Å². The van der Waals surface area contributed by atoms with E-state index in [9.17, 15) is 4.79 Å². The number of halogens is 2. The molecule has 0 unspecified atom stereocenters. The molecule has 4 heteroatoms. The Morgan fingerprint density at radius 2 is 2.06 bits per heavy atom. The van der Waals surface area contributed by atoms with Crippen LogP contribution in [0.25, 0.3) is 0 Å². The first-order valence-corrected chi connectivity index (χ1v) is 6.22. The van der Waals surface area contributed by atoms with Gasteiger partial charge in [0, 0.05) is 5.56 Å². The molecule has 0 radical (unpaired) electrons. The monoisotopic (exact) mass is 284 g/mol. The van der Waals surface area contributed by atoms with E-state index >= 15 is 0 Å². The Kier molecular flexibility index (Phi) is 5.45. The number of ether oxygens (including phenoxy) is 1. The highest BCUT2D eigenvalue weighted by molar-refractivity contribution is 6.45. The maximum absolute atomic E-state index is 12.0. The summed E-state index contributed by atoms with van der Waals surface area (Å²) in [7, 11) is 0. The van der Waals surface area contributed by atoms with E-state index in [2.05, 4.69) is 13.2 Å². The van der Waals surface area contributed by atoms with Crippen LogP contribution in [0.2, 0.25) is 10.0 Å². The number of allylic oxidation sites excluding steroid dienone is 1. The second-order valence-electron chi connectivity index (χ2n) is 3.63. The van der Waals surface area contributed by atoms with Gasteiger partial charge in [-0.1, -0.05) is 49.4 Å². The van der Waals surface area contributed by atoms with Crippen LogP contribution in [0, 0.1) is 0 Å². The number of carbonyl (C=O) groups excluding carboxylic acids is 1. The van der Waals surface area contributed by atoms with Gasteiger partial charge in [0.05, 0.1) is 5.02 Å². The molecule has 0 bridgehead atoms. The predicted octanol–water partition coefficient (Wildman–Crippen LogP) is 4.71. The fourth-order valence-electron chi connectivity index (χ4n) is 1.32. The van der Waals surface area contributed by atoms with Gasteiger partial charge in [-0.25, -0.2) is 0 Å². The van der Waals surface area contributed by atoms with Gasteiger partial charge in [-0.3, -0.25) is 4.79 Å². The van der Waals surface area contributed by atoms with Crippen molar-refractivity contribution in [1.82, 2.24) is 0 Å². The van der Waals surface area contributed by atoms with Crippen LogP contribution >= 0.6 is 23.2 Å². The summed E-state index contributed by atoms with van der Waals surface area (Å²) in [5, 5.41) is 0.422. The fraction of sp³-hybridized carbons (Fsp3) is 0.214. The van der Waals surface area contributed by atoms with E-state index in [0.29, 0.717) is 29.9 Å². The first kappa shape index (κ1) is 14.8. The summed E-state index contributed by atoms with van der Waals surface area (Å²) in [6, 6.07) is 3.21. The standard InChI is InChI=1S/C14H14Cl2O2/c1-4-8-18-11-7-6-10(12(15)13(11)16)14(17)9(3)5-2/h4,6-7H,1,3,5,8H2,2H3. The Bertz CT molecular complexity index is 493. The third kappa shape index (κ3) is 3.15. The Balaban J connectivity index is 3.11. The normalized spacial score (nSPS) is 9.94. The average molecular weight is 285 g/mol. The molecule has 96 valence electrons. The fourth-order valence-corrected chi connectivity index (χ4v) is 1.78. The lowest BCUT2D eigenvalue weighted by Crippen LogP contribution is -2.04. The predicted molar refractivity (Wildman–Crippen MR) is 75.9 cm³/mol. The summed E-state index contributed by atoms with van der Waals surface area (Å²) in [5.74, 6) is 0.236. The zero-order valence-corrected chi connectivity index (χ0v) is 11.6. The lowest BCUT2D eigenvalue weighted by Gasteiger charge is -2.10. The van der Waals surface area contributed by atoms with Crippen LogP contribution in [-0.4, -0.2) is 12.4 Å². The van der Waals surface area contributed by atoms with Crippen molar-refractivity contribution >= 4 is 29.0 Å². The van der Waals surface area contributed by atoms with E-state index in [1.165, 1.54) is 0 Å². The molecule has 0 amide bonds. The summed E-state index contributed by atoms with van der Waals surface area (Å²) < 4.78 is 5.32. The number of rotatable bonds is 6. The Labute approximate surface area is 117 Å². The van der Waals surface area contributed by atoms with Crippen LogP contribution in [0.1, 0.15) is 23.7 Å². The Hall–Kier alpha value is -1.25. The van der Waals surface area contributed by atoms with Gasteiger partial charge in [0.25, 0.3) is 0 Å². The van der Waals surface area contributed by atoms with Crippen LogP contribution in [0.5, 0.6) is 5.75 Å². The smallest absolute Gasteiger partial charge is 0.189 e. The highest BCUT2D eigenvalue weighted by Gasteiger charge is 2.17. The maximum atomic E-state index is 12.0. The van der Waals surface area contributed by atoms with Gasteiger partial charge >= 0.3 is 0 Å². The topological polar surface area (TPSA) is 26.3 Å². The molecule has 0 aliphatic rings. The first-order valence-electron chi connectivity index (χ1n) is 5.47. The van der Waals surface area contributed by atoms with Crippen LogP contribution in [0.3, 0.4) is 0 Å². The number of hydrogen-bond acceptors (Lipinski definition) is 2. The second kappa shape index (κ2) is 6.62. The van der Waals surface area contributed by atoms with Gasteiger partial charge < -0.3 is 4.74 Å². The number of carbonyl (C=O) groups is 1. The quantitative estimate of drug-likeness (QED) is 0.430. The molecule has 0 aliphatic carbocycles. The van der Waals surface area contributed by atoms with Crippen LogP contribution < -0.4 is 4.74 Å². The molecular weight excluding hydrogens is 271 g/mol. The van der Waals surface area contributed by atoms with E-state index < -0.39 is 0 Å². The maximum Gasteiger partial charge on any atom is 0.189 e. The average Bonchev–Trinajstić information content (AvgIpc) is 2.38. The van der Waals surface area contributed by atoms with Gasteiger partial charge in [-0.15, -0.1) is 0 Å². The highest BCUT2D eigenvalue weighted by atomic mass is 35.5. The lowest BCUT2D eigenvalue weighted by atomic mass is 10.0. The van der Waals surface area contributed by atoms with Gasteiger partial charge in [0.1, 0.15) is 17.4 Å². The summed E-state index contributed by atoms with van der Waals surface area (Å²) in [6.07, 6.45) is 2.17. The molecule has 18 heavy (non-hydrogen) atoms. The molecule has 0 fully saturated rings. The molecule has 0 aliphatic heterocycles. The molecule has 0 spiro atoms. The van der Waals surface area contributed by atoms with Crippen molar-refractivity contribution in [3.8, 4) is 5.75 Å². The molecule has 0 saturated heterocycles. The molecule has 1 aromatic rings. The first-order chi connectivity index (χ1) is 8.52. The van der Waals surface area contributed by atoms with Crippen LogP contribution in [0.4, 0.5) is 0 Å². The summed E-state index contributed by atoms with van der Waals surface area (Å²) in [5.41, 5.74) is 0.840. The minimum Gasteiger partial charge on any atom is -0.488 e. The number of benzene rings is 1. The molecule has 0 heterocycles. The summed E-state index contributed by atoms with van der Waals surface area (Å²) in [6.45, 7) is 9.42. The Morgan fingerprint density at radius 1 is 1.39 bits per heavy atom. The SMILES string of the molecule is C=CCOc1ccc(C(=O)C(=C)CC)c(Cl)c1Cl. The second-order valence-corrected chi connectivity index (χ2v) is 4.38. The van der Waals surface area contributed by atoms with Crippen molar-refractivity contribution in [2.45, 2.75) is 13.3 Å². The zero-order chi connectivity index (χ0) is 13.7. The highest BCUT2D eigenvalue weighted by Crippen LogP contribution is 2.35. The number of Topliss-reactive ketones (excluding diaryl/α,β-unsaturated/α-hetero) is 1. The van der Waals surface area contributed by atoms with Crippen molar-refractivity contribution in [3.05, 3.63) is 52.5 Å². The van der Waals surface area contributed by atoms with Crippen molar-refractivity contribution < 1.29 is 9.53 Å². The van der Waals surface area contributed by atoms with Gasteiger partial charge in [0.2, 0.25) is 0 Å². The van der Waals surface area contributed by atoms with Crippen LogP contribution in [-0.2, 0) is 0 Å². The molecule has 1 rings (SSSR count). The minimum atomic E-state index is -0.195. The molecule has 0 saturated carbocycles. The van der Waals surface area contributed by atoms with Crippen LogP contribution in [0.15, 0.2) is 36.9 Å². The third-order valence-corrected chi connectivity index (χ3v) is 3.26.